The summed E-state index contributed by atoms with van der Waals surface area (Å²) < 4.78 is 6.32. The first-order chi connectivity index (χ1) is 22.0. The van der Waals surface area contributed by atoms with E-state index in [1.165, 1.54) is 6.08 Å². The summed E-state index contributed by atoms with van der Waals surface area (Å²) in [5.41, 5.74) is 4.51. The molecule has 0 fully saturated rings. The van der Waals surface area contributed by atoms with E-state index in [4.69, 9.17) is 4.74 Å². The van der Waals surface area contributed by atoms with Gasteiger partial charge in [0, 0.05) is 28.0 Å². The van der Waals surface area contributed by atoms with E-state index in [0.29, 0.717) is 17.6 Å². The molecule has 0 heterocycles. The van der Waals surface area contributed by atoms with E-state index in [1.54, 1.807) is 6.92 Å². The molecular formula is C40H40N2O4. The number of ether oxygens (including phenoxy) is 1. The zero-order chi connectivity index (χ0) is 33.3. The van der Waals surface area contributed by atoms with Crippen LogP contribution in [0.3, 0.4) is 0 Å². The lowest BCUT2D eigenvalue weighted by atomic mass is 9.62. The number of nitrogens with zero attached hydrogens (tertiary/aromatic N) is 2. The molecule has 0 saturated carbocycles. The predicted octanol–water partition coefficient (Wildman–Crippen LogP) is 9.58. The smallest absolute Gasteiger partial charge is 0.306 e. The van der Waals surface area contributed by atoms with Gasteiger partial charge in [-0.15, -0.1) is 0 Å². The molecule has 0 aliphatic rings. The quantitative estimate of drug-likeness (QED) is 0.0700. The third-order valence-corrected chi connectivity index (χ3v) is 9.04. The van der Waals surface area contributed by atoms with E-state index in [9.17, 15) is 20.0 Å². The van der Waals surface area contributed by atoms with Gasteiger partial charge in [-0.2, -0.15) is 5.26 Å². The number of hydrogen-bond acceptors (Lipinski definition) is 5. The highest BCUT2D eigenvalue weighted by atomic mass is 16.5. The molecular weight excluding hydrogens is 572 g/mol. The molecule has 234 valence electrons. The van der Waals surface area contributed by atoms with Crippen molar-refractivity contribution in [1.29, 1.82) is 5.26 Å². The average Bonchev–Trinajstić information content (AvgIpc) is 3.07. The van der Waals surface area contributed by atoms with Crippen molar-refractivity contribution in [3.8, 4) is 11.8 Å². The first kappa shape index (κ1) is 33.5. The van der Waals surface area contributed by atoms with Crippen LogP contribution in [-0.2, 0) is 9.59 Å². The maximum Gasteiger partial charge on any atom is 0.306 e. The van der Waals surface area contributed by atoms with Crippen LogP contribution in [-0.4, -0.2) is 24.0 Å². The van der Waals surface area contributed by atoms with E-state index in [2.05, 4.69) is 53.4 Å². The SMILES string of the molecule is CC(C(=O)O)C(C)(C)C(C)(C)COc1cc(/C=C/c2ccc(N(c3ccccc3)c3ccccc3)cc2)ccc1/C=C(/C#N)C=O. The van der Waals surface area contributed by atoms with Crippen molar-refractivity contribution < 1.29 is 19.4 Å². The van der Waals surface area contributed by atoms with Crippen molar-refractivity contribution in [2.45, 2.75) is 34.6 Å². The van der Waals surface area contributed by atoms with Crippen molar-refractivity contribution in [3.63, 3.8) is 0 Å². The molecule has 1 atom stereocenters. The molecule has 6 nitrogen and oxygen atoms in total. The molecule has 0 bridgehead atoms. The number of nitriles is 1. The molecule has 0 aromatic heterocycles. The number of aldehydes is 1. The monoisotopic (exact) mass is 612 g/mol. The summed E-state index contributed by atoms with van der Waals surface area (Å²) in [7, 11) is 0. The van der Waals surface area contributed by atoms with Crippen molar-refractivity contribution in [1.82, 2.24) is 0 Å². The Morgan fingerprint density at radius 3 is 1.89 bits per heavy atom. The molecule has 4 rings (SSSR count). The fraction of sp³-hybridized carbons (Fsp3) is 0.225. The Morgan fingerprint density at radius 2 is 1.37 bits per heavy atom. The lowest BCUT2D eigenvalue weighted by molar-refractivity contribution is -0.149. The number of carboxylic acids is 1. The normalized spacial score (nSPS) is 12.7. The molecule has 46 heavy (non-hydrogen) atoms. The van der Waals surface area contributed by atoms with E-state index in [1.807, 2.05) is 101 Å². The molecule has 0 aliphatic carbocycles. The number of para-hydroxylation sites is 2. The Balaban J connectivity index is 1.61. The summed E-state index contributed by atoms with van der Waals surface area (Å²) in [5, 5.41) is 19.0. The second-order valence-electron chi connectivity index (χ2n) is 12.5. The lowest BCUT2D eigenvalue weighted by Gasteiger charge is -2.44. The van der Waals surface area contributed by atoms with Gasteiger partial charge in [0.2, 0.25) is 0 Å². The van der Waals surface area contributed by atoms with Gasteiger partial charge in [-0.3, -0.25) is 9.59 Å². The van der Waals surface area contributed by atoms with E-state index < -0.39 is 22.7 Å². The summed E-state index contributed by atoms with van der Waals surface area (Å²) >= 11 is 0. The molecule has 0 aliphatic heterocycles. The van der Waals surface area contributed by atoms with Gasteiger partial charge in [0.1, 0.15) is 11.8 Å². The first-order valence-electron chi connectivity index (χ1n) is 15.2. The van der Waals surface area contributed by atoms with Crippen molar-refractivity contribution in [2.75, 3.05) is 11.5 Å². The van der Waals surface area contributed by atoms with Crippen LogP contribution >= 0.6 is 0 Å². The molecule has 0 spiro atoms. The summed E-state index contributed by atoms with van der Waals surface area (Å²) in [6.07, 6.45) is 6.01. The van der Waals surface area contributed by atoms with Crippen LogP contribution in [0.25, 0.3) is 18.2 Å². The maximum absolute atomic E-state index is 11.8. The second-order valence-corrected chi connectivity index (χ2v) is 12.5. The highest BCUT2D eigenvalue weighted by Crippen LogP contribution is 2.45. The third kappa shape index (κ3) is 7.80. The number of carbonyl (C=O) groups excluding carboxylic acids is 1. The largest absolute Gasteiger partial charge is 0.492 e. The van der Waals surface area contributed by atoms with Crippen molar-refractivity contribution in [3.05, 3.63) is 125 Å². The number of carbonyl (C=O) groups is 2. The highest BCUT2D eigenvalue weighted by molar-refractivity contribution is 5.88. The second kappa shape index (κ2) is 14.6. The highest BCUT2D eigenvalue weighted by Gasteiger charge is 2.44. The molecule has 0 amide bonds. The van der Waals surface area contributed by atoms with E-state index in [-0.39, 0.29) is 12.2 Å². The van der Waals surface area contributed by atoms with Crippen molar-refractivity contribution >= 4 is 47.5 Å². The topological polar surface area (TPSA) is 90.6 Å². The zero-order valence-electron chi connectivity index (χ0n) is 27.0. The van der Waals surface area contributed by atoms with Gasteiger partial charge in [0.25, 0.3) is 0 Å². The van der Waals surface area contributed by atoms with Crippen LogP contribution in [0, 0.1) is 28.1 Å². The van der Waals surface area contributed by atoms with Crippen LogP contribution in [0.4, 0.5) is 17.1 Å². The average molecular weight is 613 g/mol. The van der Waals surface area contributed by atoms with E-state index in [0.717, 1.165) is 28.2 Å². The van der Waals surface area contributed by atoms with Gasteiger partial charge in [-0.05, 0) is 65.1 Å². The third-order valence-electron chi connectivity index (χ3n) is 9.04. The summed E-state index contributed by atoms with van der Waals surface area (Å²) in [4.78, 5) is 25.4. The minimum Gasteiger partial charge on any atom is -0.492 e. The van der Waals surface area contributed by atoms with Crippen LogP contribution < -0.4 is 9.64 Å². The Kier molecular flexibility index (Phi) is 10.6. The van der Waals surface area contributed by atoms with E-state index >= 15 is 0 Å². The Labute approximate surface area is 271 Å². The molecule has 1 unspecified atom stereocenters. The zero-order valence-corrected chi connectivity index (χ0v) is 27.0. The summed E-state index contributed by atoms with van der Waals surface area (Å²) in [5.74, 6) is -0.960. The van der Waals surface area contributed by atoms with Gasteiger partial charge < -0.3 is 14.7 Å². The number of anilines is 3. The molecule has 0 radical (unpaired) electrons. The van der Waals surface area contributed by atoms with Gasteiger partial charge in [-0.25, -0.2) is 0 Å². The minimum atomic E-state index is -0.862. The van der Waals surface area contributed by atoms with Gasteiger partial charge in [0.05, 0.1) is 18.1 Å². The fourth-order valence-electron chi connectivity index (χ4n) is 5.03. The molecule has 1 N–H and O–H groups in total. The minimum absolute atomic E-state index is 0.0210. The number of hydrogen-bond donors (Lipinski definition) is 1. The fourth-order valence-corrected chi connectivity index (χ4v) is 5.03. The van der Waals surface area contributed by atoms with Gasteiger partial charge >= 0.3 is 5.97 Å². The molecule has 6 heteroatoms. The van der Waals surface area contributed by atoms with Gasteiger partial charge in [-0.1, -0.05) is 107 Å². The Hall–Kier alpha value is -5.41. The van der Waals surface area contributed by atoms with Crippen LogP contribution in [0.2, 0.25) is 0 Å². The Bertz CT molecular complexity index is 1710. The summed E-state index contributed by atoms with van der Waals surface area (Å²) in [6.45, 7) is 9.77. The number of benzene rings is 4. The van der Waals surface area contributed by atoms with Crippen LogP contribution in [0.15, 0.2) is 109 Å². The standard InChI is InChI=1S/C40H40N2O4/c1-29(38(44)45)40(4,5)39(2,3)28-46-37-25-31(18-21-33(37)24-32(26-41)27-43)17-16-30-19-22-36(23-20-30)42(34-12-8-6-9-13-34)35-14-10-7-11-15-35/h6-25,27,29H,28H2,1-5H3,(H,44,45)/b17-16+,32-24-. The number of aliphatic carboxylic acids is 1. The Morgan fingerprint density at radius 1 is 0.848 bits per heavy atom. The maximum atomic E-state index is 11.8. The van der Waals surface area contributed by atoms with Crippen LogP contribution in [0.5, 0.6) is 5.75 Å². The number of carboxylic acid groups (broad SMARTS) is 1. The molecule has 4 aromatic carbocycles. The molecule has 0 saturated heterocycles. The first-order valence-corrected chi connectivity index (χ1v) is 15.2. The summed E-state index contributed by atoms with van der Waals surface area (Å²) in [6, 6.07) is 36.3. The number of rotatable bonds is 13. The van der Waals surface area contributed by atoms with Crippen molar-refractivity contribution in [2.24, 2.45) is 16.7 Å². The number of allylic oxidation sites excluding steroid dienone is 1. The van der Waals surface area contributed by atoms with Crippen LogP contribution in [0.1, 0.15) is 51.3 Å². The predicted molar refractivity (Wildman–Crippen MR) is 186 cm³/mol. The molecule has 4 aromatic rings. The lowest BCUT2D eigenvalue weighted by Crippen LogP contribution is -2.44. The van der Waals surface area contributed by atoms with Gasteiger partial charge in [0.15, 0.2) is 6.29 Å².